The van der Waals surface area contributed by atoms with Crippen molar-refractivity contribution < 1.29 is 9.47 Å². The van der Waals surface area contributed by atoms with Crippen LogP contribution in [0.1, 0.15) is 0 Å². The van der Waals surface area contributed by atoms with Gasteiger partial charge in [-0.3, -0.25) is 0 Å². The van der Waals surface area contributed by atoms with Gasteiger partial charge < -0.3 is 9.47 Å². The van der Waals surface area contributed by atoms with E-state index in [0.717, 1.165) is 6.61 Å². The lowest BCUT2D eigenvalue weighted by Crippen LogP contribution is -1.98. The molecule has 1 saturated heterocycles. The summed E-state index contributed by atoms with van der Waals surface area (Å²) < 4.78 is 9.68. The first-order chi connectivity index (χ1) is 4.70. The van der Waals surface area contributed by atoms with E-state index >= 15 is 0 Å². The molecule has 2 nitrogen and oxygen atoms in total. The maximum absolute atomic E-state index is 5.43. The van der Waals surface area contributed by atoms with Gasteiger partial charge in [-0.2, -0.15) is 0 Å². The number of rotatable bonds is 3. The minimum atomic E-state index is -0.0534. The van der Waals surface area contributed by atoms with E-state index in [2.05, 4.69) is 0 Å². The Labute approximate surface area is 73.6 Å². The predicted molar refractivity (Wildman–Crippen MR) is 40.3 cm³/mol. The minimum absolute atomic E-state index is 0.0267. The third-order valence-corrected chi connectivity index (χ3v) is 1.78. The summed E-state index contributed by atoms with van der Waals surface area (Å²) in [6.45, 7) is 1.14. The Bertz CT molecular complexity index is 149. The summed E-state index contributed by atoms with van der Waals surface area (Å²) >= 11 is 16.0. The van der Waals surface area contributed by atoms with Gasteiger partial charge in [-0.25, -0.2) is 0 Å². The quantitative estimate of drug-likeness (QED) is 0.518. The molecule has 1 aliphatic heterocycles. The van der Waals surface area contributed by atoms with Crippen molar-refractivity contribution in [3.8, 4) is 0 Å². The molecule has 0 aromatic carbocycles. The van der Waals surface area contributed by atoms with Crippen LogP contribution in [-0.4, -0.2) is 19.3 Å². The van der Waals surface area contributed by atoms with Gasteiger partial charge in [0.2, 0.25) is 5.22 Å². The van der Waals surface area contributed by atoms with E-state index in [1.165, 1.54) is 0 Å². The molecule has 58 valence electrons. The Morgan fingerprint density at radius 1 is 1.50 bits per heavy atom. The van der Waals surface area contributed by atoms with Crippen LogP contribution < -0.4 is 0 Å². The number of ether oxygens (including phenoxy) is 2. The first-order valence-corrected chi connectivity index (χ1v) is 3.78. The largest absolute Gasteiger partial charge is 0.478 e. The second kappa shape index (κ2) is 3.67. The second-order valence-corrected chi connectivity index (χ2v) is 3.09. The van der Waals surface area contributed by atoms with Crippen molar-refractivity contribution in [1.29, 1.82) is 0 Å². The van der Waals surface area contributed by atoms with Crippen LogP contribution in [-0.2, 0) is 9.47 Å². The van der Waals surface area contributed by atoms with Crippen LogP contribution in [0.25, 0.3) is 0 Å². The molecule has 0 radical (unpaired) electrons. The van der Waals surface area contributed by atoms with Crippen molar-refractivity contribution in [2.45, 2.75) is 6.10 Å². The Morgan fingerprint density at radius 2 is 2.10 bits per heavy atom. The summed E-state index contributed by atoms with van der Waals surface area (Å²) in [5, 5.41) is 0.0267. The molecule has 0 bridgehead atoms. The van der Waals surface area contributed by atoms with E-state index in [4.69, 9.17) is 44.3 Å². The highest BCUT2D eigenvalue weighted by molar-refractivity contribution is 6.59. The van der Waals surface area contributed by atoms with E-state index in [-0.39, 0.29) is 15.8 Å². The molecule has 10 heavy (non-hydrogen) atoms. The molecule has 1 aliphatic rings. The molecular weight excluding hydrogens is 198 g/mol. The number of hydrogen-bond donors (Lipinski definition) is 0. The average Bonchev–Trinajstić information content (AvgIpc) is 2.64. The first-order valence-electron chi connectivity index (χ1n) is 2.65. The zero-order chi connectivity index (χ0) is 7.56. The van der Waals surface area contributed by atoms with Gasteiger partial charge in [0, 0.05) is 0 Å². The average molecular weight is 203 g/mol. The molecule has 0 aromatic rings. The lowest BCUT2D eigenvalue weighted by molar-refractivity contribution is 0.202. The summed E-state index contributed by atoms with van der Waals surface area (Å²) in [5.74, 6) is 0. The highest BCUT2D eigenvalue weighted by atomic mass is 35.5. The van der Waals surface area contributed by atoms with Crippen molar-refractivity contribution in [1.82, 2.24) is 0 Å². The number of halogens is 3. The van der Waals surface area contributed by atoms with E-state index in [0.29, 0.717) is 6.61 Å². The fourth-order valence-corrected chi connectivity index (χ4v) is 0.557. The van der Waals surface area contributed by atoms with E-state index in [1.807, 2.05) is 0 Å². The van der Waals surface area contributed by atoms with Gasteiger partial charge in [-0.05, 0) is 11.6 Å². The molecule has 1 atom stereocenters. The van der Waals surface area contributed by atoms with Crippen LogP contribution in [0.5, 0.6) is 0 Å². The van der Waals surface area contributed by atoms with E-state index in [1.54, 1.807) is 0 Å². The molecule has 1 unspecified atom stereocenters. The monoisotopic (exact) mass is 202 g/mol. The maximum atomic E-state index is 5.43. The molecule has 0 aliphatic carbocycles. The zero-order valence-corrected chi connectivity index (χ0v) is 7.21. The lowest BCUT2D eigenvalue weighted by Gasteiger charge is -1.99. The third-order valence-electron chi connectivity index (χ3n) is 0.947. The molecule has 1 rings (SSSR count). The van der Waals surface area contributed by atoms with Gasteiger partial charge in [-0.1, -0.05) is 23.2 Å². The van der Waals surface area contributed by atoms with Crippen molar-refractivity contribution in [3.05, 3.63) is 9.71 Å². The van der Waals surface area contributed by atoms with Crippen molar-refractivity contribution in [3.63, 3.8) is 0 Å². The fraction of sp³-hybridized carbons (Fsp3) is 0.600. The van der Waals surface area contributed by atoms with Crippen LogP contribution in [0, 0.1) is 0 Å². The van der Waals surface area contributed by atoms with Gasteiger partial charge in [0.15, 0.2) is 4.49 Å². The van der Waals surface area contributed by atoms with Gasteiger partial charge in [-0.15, -0.1) is 0 Å². The number of hydrogen-bond acceptors (Lipinski definition) is 2. The Kier molecular flexibility index (Phi) is 3.11. The maximum Gasteiger partial charge on any atom is 0.218 e. The van der Waals surface area contributed by atoms with Gasteiger partial charge in [0.25, 0.3) is 0 Å². The van der Waals surface area contributed by atoms with Crippen LogP contribution in [0.15, 0.2) is 9.71 Å². The molecule has 0 aromatic heterocycles. The molecule has 0 amide bonds. The summed E-state index contributed by atoms with van der Waals surface area (Å²) in [6.07, 6.45) is 0.168. The van der Waals surface area contributed by atoms with Crippen LogP contribution in [0.3, 0.4) is 0 Å². The standard InChI is InChI=1S/C5H5Cl3O2/c6-4(7)5(8)10-2-3-1-9-3/h3H,1-2H2. The SMILES string of the molecule is ClC(Cl)=C(Cl)OCC1CO1. The van der Waals surface area contributed by atoms with Gasteiger partial charge in [0.05, 0.1) is 6.61 Å². The smallest absolute Gasteiger partial charge is 0.218 e. The lowest BCUT2D eigenvalue weighted by atomic mass is 10.5. The molecular formula is C5H5Cl3O2. The normalized spacial score (nSPS) is 22.1. The molecule has 0 saturated carbocycles. The van der Waals surface area contributed by atoms with E-state index in [9.17, 15) is 0 Å². The Morgan fingerprint density at radius 3 is 2.50 bits per heavy atom. The highest BCUT2D eigenvalue weighted by Gasteiger charge is 2.23. The van der Waals surface area contributed by atoms with Crippen LogP contribution >= 0.6 is 34.8 Å². The van der Waals surface area contributed by atoms with Crippen LogP contribution in [0.2, 0.25) is 0 Å². The van der Waals surface area contributed by atoms with Gasteiger partial charge in [0.1, 0.15) is 12.7 Å². The molecule has 5 heteroatoms. The fourth-order valence-electron chi connectivity index (χ4n) is 0.385. The second-order valence-electron chi connectivity index (χ2n) is 1.80. The predicted octanol–water partition coefficient (Wildman–Crippen LogP) is 2.24. The summed E-state index contributed by atoms with van der Waals surface area (Å²) in [7, 11) is 0. The summed E-state index contributed by atoms with van der Waals surface area (Å²) in [4.78, 5) is 0. The Balaban J connectivity index is 2.17. The van der Waals surface area contributed by atoms with Crippen molar-refractivity contribution >= 4 is 34.8 Å². The summed E-state index contributed by atoms with van der Waals surface area (Å²) in [6, 6.07) is 0. The topological polar surface area (TPSA) is 21.8 Å². The third kappa shape index (κ3) is 2.97. The van der Waals surface area contributed by atoms with Crippen molar-refractivity contribution in [2.24, 2.45) is 0 Å². The molecule has 1 fully saturated rings. The van der Waals surface area contributed by atoms with Gasteiger partial charge >= 0.3 is 0 Å². The highest BCUT2D eigenvalue weighted by Crippen LogP contribution is 2.20. The van der Waals surface area contributed by atoms with Crippen LogP contribution in [0.4, 0.5) is 0 Å². The molecule has 0 spiro atoms. The first kappa shape index (κ1) is 8.47. The Hall–Kier alpha value is 0.370. The number of epoxide rings is 1. The molecule has 0 N–H and O–H groups in total. The van der Waals surface area contributed by atoms with Crippen molar-refractivity contribution in [2.75, 3.05) is 13.2 Å². The zero-order valence-electron chi connectivity index (χ0n) is 4.94. The molecule has 1 heterocycles. The van der Waals surface area contributed by atoms with E-state index < -0.39 is 0 Å². The summed E-state index contributed by atoms with van der Waals surface area (Å²) in [5.41, 5.74) is 0. The minimum Gasteiger partial charge on any atom is -0.478 e.